The van der Waals surface area contributed by atoms with Crippen LogP contribution in [0.25, 0.3) is 0 Å². The van der Waals surface area contributed by atoms with E-state index in [0.717, 1.165) is 11.4 Å². The van der Waals surface area contributed by atoms with E-state index in [0.29, 0.717) is 17.8 Å². The molecule has 0 spiro atoms. The van der Waals surface area contributed by atoms with E-state index in [1.807, 2.05) is 13.8 Å². The highest BCUT2D eigenvalue weighted by Crippen LogP contribution is 2.55. The van der Waals surface area contributed by atoms with E-state index in [9.17, 15) is 0 Å². The Morgan fingerprint density at radius 2 is 1.23 bits per heavy atom. The largest absolute Gasteiger partial charge is 0.384 e. The molecule has 154 valence electrons. The Hall–Kier alpha value is -3.36. The van der Waals surface area contributed by atoms with Crippen LogP contribution in [0.5, 0.6) is 0 Å². The average molecular weight is 425 g/mol. The van der Waals surface area contributed by atoms with Gasteiger partial charge in [0.1, 0.15) is 35.2 Å². The summed E-state index contributed by atoms with van der Waals surface area (Å²) in [6.45, 7) is 3.82. The second-order valence-corrected chi connectivity index (χ2v) is 11.0. The summed E-state index contributed by atoms with van der Waals surface area (Å²) in [5.41, 5.74) is 8.23. The number of hydrogen-bond donors (Lipinski definition) is 1. The Bertz CT molecular complexity index is 1080. The Morgan fingerprint density at radius 3 is 1.68 bits per heavy atom. The molecule has 0 aliphatic heterocycles. The van der Waals surface area contributed by atoms with Crippen molar-refractivity contribution in [2.75, 3.05) is 6.16 Å². The smallest absolute Gasteiger partial charge is 0.175 e. The second-order valence-electron chi connectivity index (χ2n) is 7.50. The Kier molecular flexibility index (Phi) is 6.20. The van der Waals surface area contributed by atoms with Gasteiger partial charge in [0.25, 0.3) is 0 Å². The molecule has 0 atom stereocenters. The van der Waals surface area contributed by atoms with Crippen LogP contribution in [-0.2, 0) is 0 Å². The van der Waals surface area contributed by atoms with Crippen LogP contribution in [0.15, 0.2) is 102 Å². The summed E-state index contributed by atoms with van der Waals surface area (Å²) in [5, 5.41) is 3.83. The van der Waals surface area contributed by atoms with Crippen LogP contribution >= 0.6 is 7.26 Å². The molecular weight excluding hydrogens is 399 g/mol. The van der Waals surface area contributed by atoms with Crippen LogP contribution < -0.4 is 21.6 Å². The molecule has 0 bridgehead atoms. The first-order valence-corrected chi connectivity index (χ1v) is 12.3. The third-order valence-corrected chi connectivity index (χ3v) is 9.63. The third-order valence-electron chi connectivity index (χ3n) is 5.29. The molecule has 3 aromatic carbocycles. The molecule has 4 aromatic rings. The zero-order chi connectivity index (χ0) is 21.7. The van der Waals surface area contributed by atoms with Gasteiger partial charge in [0.2, 0.25) is 0 Å². The lowest BCUT2D eigenvalue weighted by Gasteiger charge is -2.27. The molecule has 0 saturated heterocycles. The van der Waals surface area contributed by atoms with Crippen LogP contribution in [0.1, 0.15) is 11.4 Å². The fraction of sp³-hybridized carbons (Fsp3) is 0.115. The monoisotopic (exact) mass is 425 g/mol. The van der Waals surface area contributed by atoms with E-state index in [1.165, 1.54) is 15.9 Å². The fourth-order valence-electron chi connectivity index (χ4n) is 3.81. The van der Waals surface area contributed by atoms with E-state index in [4.69, 9.17) is 10.7 Å². The molecule has 0 amide bonds. The van der Waals surface area contributed by atoms with Crippen LogP contribution in [-0.4, -0.2) is 22.0 Å². The number of hydrogen-bond acceptors (Lipinski definition) is 3. The maximum atomic E-state index is 6.63. The first-order valence-electron chi connectivity index (χ1n) is 10.3. The molecule has 31 heavy (non-hydrogen) atoms. The topological polar surface area (TPSA) is 64.2 Å². The lowest BCUT2D eigenvalue weighted by atomic mass is 10.4. The van der Waals surface area contributed by atoms with Gasteiger partial charge >= 0.3 is 0 Å². The van der Waals surface area contributed by atoms with Gasteiger partial charge in [-0.25, -0.2) is 9.98 Å². The van der Waals surface area contributed by atoms with Crippen molar-refractivity contribution in [1.29, 1.82) is 0 Å². The zero-order valence-corrected chi connectivity index (χ0v) is 18.7. The standard InChI is InChI=1S/C26H26N4P/c1-20-18-28-21(2)26(29-20)30-25(27)19-31(22-12-6-3-7-13-22,23-14-8-4-9-15-23)24-16-10-5-11-17-24/h3-18H,19H2,1-2H3,(H2,27,29,30)/q+1. The van der Waals surface area contributed by atoms with E-state index in [1.54, 1.807) is 6.20 Å². The van der Waals surface area contributed by atoms with Crippen molar-refractivity contribution in [1.82, 2.24) is 9.97 Å². The molecule has 4 nitrogen and oxygen atoms in total. The maximum absolute atomic E-state index is 6.63. The van der Waals surface area contributed by atoms with Crippen molar-refractivity contribution < 1.29 is 0 Å². The minimum atomic E-state index is -2.08. The van der Waals surface area contributed by atoms with Gasteiger partial charge in [-0.15, -0.1) is 0 Å². The highest BCUT2D eigenvalue weighted by Gasteiger charge is 2.46. The van der Waals surface area contributed by atoms with Crippen molar-refractivity contribution >= 4 is 34.8 Å². The number of aryl methyl sites for hydroxylation is 2. The second kappa shape index (κ2) is 9.20. The van der Waals surface area contributed by atoms with Crippen molar-refractivity contribution in [3.63, 3.8) is 0 Å². The summed E-state index contributed by atoms with van der Waals surface area (Å²) in [6, 6.07) is 32.0. The van der Waals surface area contributed by atoms with Crippen LogP contribution in [0, 0.1) is 13.8 Å². The molecule has 4 rings (SSSR count). The first-order chi connectivity index (χ1) is 15.1. The van der Waals surface area contributed by atoms with Gasteiger partial charge < -0.3 is 5.73 Å². The molecule has 0 radical (unpaired) electrons. The first kappa shape index (κ1) is 20.9. The van der Waals surface area contributed by atoms with Gasteiger partial charge in [0.15, 0.2) is 5.82 Å². The number of aromatic nitrogens is 2. The van der Waals surface area contributed by atoms with Gasteiger partial charge in [-0.05, 0) is 50.2 Å². The van der Waals surface area contributed by atoms with Crippen LogP contribution in [0.4, 0.5) is 5.82 Å². The minimum Gasteiger partial charge on any atom is -0.384 e. The number of nitrogens with two attached hydrogens (primary N) is 1. The molecule has 1 aromatic heterocycles. The van der Waals surface area contributed by atoms with E-state index in [-0.39, 0.29) is 0 Å². The summed E-state index contributed by atoms with van der Waals surface area (Å²) >= 11 is 0. The van der Waals surface area contributed by atoms with Crippen molar-refractivity contribution in [3.8, 4) is 0 Å². The highest BCUT2D eigenvalue weighted by atomic mass is 31.2. The van der Waals surface area contributed by atoms with Gasteiger partial charge in [-0.2, -0.15) is 0 Å². The summed E-state index contributed by atoms with van der Waals surface area (Å²) in [7, 11) is -2.08. The lowest BCUT2D eigenvalue weighted by Crippen LogP contribution is -2.37. The molecule has 0 aliphatic rings. The Labute approximate surface area is 184 Å². The number of benzene rings is 3. The van der Waals surface area contributed by atoms with Gasteiger partial charge in [0, 0.05) is 6.20 Å². The normalized spacial score (nSPS) is 12.0. The van der Waals surface area contributed by atoms with E-state index < -0.39 is 7.26 Å². The number of aliphatic imine (C=N–C) groups is 1. The third kappa shape index (κ3) is 4.40. The number of rotatable bonds is 6. The van der Waals surface area contributed by atoms with Crippen molar-refractivity contribution in [2.45, 2.75) is 13.8 Å². The molecule has 0 unspecified atom stereocenters. The predicted molar refractivity (Wildman–Crippen MR) is 133 cm³/mol. The highest BCUT2D eigenvalue weighted by molar-refractivity contribution is 7.96. The van der Waals surface area contributed by atoms with E-state index in [2.05, 4.69) is 101 Å². The van der Waals surface area contributed by atoms with Gasteiger partial charge in [-0.3, -0.25) is 4.98 Å². The number of amidine groups is 1. The molecule has 2 N–H and O–H groups in total. The SMILES string of the molecule is Cc1cnc(C)c(N=C(N)C[P+](c2ccccc2)(c2ccccc2)c2ccccc2)n1. The summed E-state index contributed by atoms with van der Waals surface area (Å²) in [4.78, 5) is 13.7. The summed E-state index contributed by atoms with van der Waals surface area (Å²) in [6.07, 6.45) is 2.37. The zero-order valence-electron chi connectivity index (χ0n) is 17.8. The quantitative estimate of drug-likeness (QED) is 0.288. The van der Waals surface area contributed by atoms with E-state index >= 15 is 0 Å². The minimum absolute atomic E-state index is 0.563. The molecule has 1 heterocycles. The number of nitrogens with zero attached hydrogens (tertiary/aromatic N) is 3. The maximum Gasteiger partial charge on any atom is 0.175 e. The van der Waals surface area contributed by atoms with Gasteiger partial charge in [-0.1, -0.05) is 54.6 Å². The lowest BCUT2D eigenvalue weighted by molar-refractivity contribution is 1.05. The van der Waals surface area contributed by atoms with Gasteiger partial charge in [0.05, 0.1) is 11.4 Å². The molecule has 0 saturated carbocycles. The summed E-state index contributed by atoms with van der Waals surface area (Å²) < 4.78 is 0. The summed E-state index contributed by atoms with van der Waals surface area (Å²) in [5.74, 6) is 1.15. The molecular formula is C26H26N4P+. The molecule has 5 heteroatoms. The molecule has 0 fully saturated rings. The Balaban J connectivity index is 1.92. The van der Waals surface area contributed by atoms with Crippen LogP contribution in [0.2, 0.25) is 0 Å². The van der Waals surface area contributed by atoms with Crippen LogP contribution in [0.3, 0.4) is 0 Å². The van der Waals surface area contributed by atoms with Crippen molar-refractivity contribution in [3.05, 3.63) is 109 Å². The fourth-order valence-corrected chi connectivity index (χ4v) is 7.86. The van der Waals surface area contributed by atoms with Crippen molar-refractivity contribution in [2.24, 2.45) is 10.7 Å². The predicted octanol–water partition coefficient (Wildman–Crippen LogP) is 4.08. The average Bonchev–Trinajstić information content (AvgIpc) is 2.81. The Morgan fingerprint density at radius 1 is 0.774 bits per heavy atom. The molecule has 0 aliphatic carbocycles.